The van der Waals surface area contributed by atoms with Crippen LogP contribution in [0.2, 0.25) is 0 Å². The zero-order chi connectivity index (χ0) is 19.3. The highest BCUT2D eigenvalue weighted by Gasteiger charge is 2.37. The van der Waals surface area contributed by atoms with Gasteiger partial charge in [0.25, 0.3) is 0 Å². The van der Waals surface area contributed by atoms with Crippen molar-refractivity contribution < 1.29 is 14.6 Å². The number of morpholine rings is 1. The number of hydrogen-bond acceptors (Lipinski definition) is 4. The Labute approximate surface area is 166 Å². The van der Waals surface area contributed by atoms with Gasteiger partial charge in [-0.25, -0.2) is 4.79 Å². The Bertz CT molecular complexity index is 778. The first kappa shape index (κ1) is 19.1. The highest BCUT2D eigenvalue weighted by atomic mass is 16.5. The van der Waals surface area contributed by atoms with Crippen molar-refractivity contribution in [1.82, 2.24) is 10.2 Å². The maximum Gasteiger partial charge on any atom is 0.335 e. The van der Waals surface area contributed by atoms with Crippen molar-refractivity contribution in [3.63, 3.8) is 0 Å². The first-order valence-electron chi connectivity index (χ1n) is 10.1. The largest absolute Gasteiger partial charge is 0.478 e. The van der Waals surface area contributed by atoms with Crippen LogP contribution in [-0.2, 0) is 11.3 Å². The van der Waals surface area contributed by atoms with Gasteiger partial charge in [-0.3, -0.25) is 4.90 Å². The number of benzene rings is 2. The molecule has 2 aromatic rings. The second kappa shape index (κ2) is 8.86. The van der Waals surface area contributed by atoms with E-state index in [2.05, 4.69) is 40.5 Å². The number of carbonyl (C=O) groups is 1. The van der Waals surface area contributed by atoms with E-state index in [1.807, 2.05) is 12.1 Å². The highest BCUT2D eigenvalue weighted by Crippen LogP contribution is 2.46. The van der Waals surface area contributed by atoms with E-state index in [9.17, 15) is 4.79 Å². The van der Waals surface area contributed by atoms with E-state index < -0.39 is 5.97 Å². The van der Waals surface area contributed by atoms with Gasteiger partial charge in [-0.05, 0) is 48.1 Å². The average Bonchev–Trinajstić information content (AvgIpc) is 3.49. The second-order valence-corrected chi connectivity index (χ2v) is 7.90. The molecule has 2 aliphatic rings. The fourth-order valence-corrected chi connectivity index (χ4v) is 4.07. The van der Waals surface area contributed by atoms with Crippen LogP contribution in [0.5, 0.6) is 0 Å². The molecule has 4 rings (SSSR count). The number of nitrogens with one attached hydrogen (secondary N) is 1. The lowest BCUT2D eigenvalue weighted by atomic mass is 10.1. The fraction of sp³-hybridized carbons (Fsp3) is 0.435. The van der Waals surface area contributed by atoms with Crippen LogP contribution in [0.3, 0.4) is 0 Å². The molecule has 28 heavy (non-hydrogen) atoms. The minimum atomic E-state index is -0.880. The van der Waals surface area contributed by atoms with Crippen molar-refractivity contribution in [3.8, 4) is 0 Å². The minimum Gasteiger partial charge on any atom is -0.478 e. The molecule has 0 spiro atoms. The third-order valence-corrected chi connectivity index (χ3v) is 5.76. The van der Waals surface area contributed by atoms with E-state index in [4.69, 9.17) is 9.84 Å². The van der Waals surface area contributed by atoms with Gasteiger partial charge in [-0.2, -0.15) is 0 Å². The Morgan fingerprint density at radius 1 is 1.11 bits per heavy atom. The number of carboxylic acid groups (broad SMARTS) is 1. The predicted molar refractivity (Wildman–Crippen MR) is 109 cm³/mol. The predicted octanol–water partition coefficient (Wildman–Crippen LogP) is 2.98. The van der Waals surface area contributed by atoms with Gasteiger partial charge in [-0.15, -0.1) is 0 Å². The zero-order valence-corrected chi connectivity index (χ0v) is 16.1. The Balaban J connectivity index is 1.19. The Morgan fingerprint density at radius 3 is 2.64 bits per heavy atom. The smallest absolute Gasteiger partial charge is 0.335 e. The number of aromatic carboxylic acids is 1. The Kier molecular flexibility index (Phi) is 6.05. The average molecular weight is 380 g/mol. The summed E-state index contributed by atoms with van der Waals surface area (Å²) in [4.78, 5) is 13.3. The standard InChI is InChI=1S/C23H28N2O3/c26-23(27)19-8-6-17(7-9-19)15-25-10-11-28-21(16-25)14-24-13-20-12-22(20)18-4-2-1-3-5-18/h1-9,20-22,24H,10-16H2,(H,26,27)/t20-,21?,22-/m0/s1. The molecule has 1 aliphatic carbocycles. The summed E-state index contributed by atoms with van der Waals surface area (Å²) in [6.45, 7) is 5.33. The molecular formula is C23H28N2O3. The minimum absolute atomic E-state index is 0.209. The topological polar surface area (TPSA) is 61.8 Å². The molecule has 1 aliphatic heterocycles. The van der Waals surface area contributed by atoms with Gasteiger partial charge in [-0.1, -0.05) is 42.5 Å². The van der Waals surface area contributed by atoms with Gasteiger partial charge in [0.1, 0.15) is 0 Å². The van der Waals surface area contributed by atoms with Crippen LogP contribution in [0, 0.1) is 5.92 Å². The first-order valence-corrected chi connectivity index (χ1v) is 10.1. The second-order valence-electron chi connectivity index (χ2n) is 7.90. The lowest BCUT2D eigenvalue weighted by Crippen LogP contribution is -2.46. The van der Waals surface area contributed by atoms with Crippen LogP contribution in [0.25, 0.3) is 0 Å². The molecular weight excluding hydrogens is 352 g/mol. The first-order chi connectivity index (χ1) is 13.7. The number of rotatable bonds is 8. The van der Waals surface area contributed by atoms with Crippen molar-refractivity contribution in [3.05, 3.63) is 71.3 Å². The molecule has 2 aromatic carbocycles. The fourth-order valence-electron chi connectivity index (χ4n) is 4.07. The van der Waals surface area contributed by atoms with Crippen LogP contribution in [0.4, 0.5) is 0 Å². The molecule has 3 atom stereocenters. The van der Waals surface area contributed by atoms with Crippen LogP contribution < -0.4 is 5.32 Å². The van der Waals surface area contributed by atoms with E-state index in [1.54, 1.807) is 12.1 Å². The summed E-state index contributed by atoms with van der Waals surface area (Å²) in [5, 5.41) is 12.6. The molecule has 2 N–H and O–H groups in total. The summed E-state index contributed by atoms with van der Waals surface area (Å²) in [6.07, 6.45) is 1.49. The number of hydrogen-bond donors (Lipinski definition) is 2. The number of nitrogens with zero attached hydrogens (tertiary/aromatic N) is 1. The summed E-state index contributed by atoms with van der Waals surface area (Å²) in [6, 6.07) is 17.9. The molecule has 1 unspecified atom stereocenters. The third-order valence-electron chi connectivity index (χ3n) is 5.76. The molecule has 0 aromatic heterocycles. The van der Waals surface area contributed by atoms with Crippen molar-refractivity contribution >= 4 is 5.97 Å². The molecule has 5 nitrogen and oxygen atoms in total. The Morgan fingerprint density at radius 2 is 1.89 bits per heavy atom. The van der Waals surface area contributed by atoms with Crippen molar-refractivity contribution in [2.75, 3.05) is 32.8 Å². The van der Waals surface area contributed by atoms with E-state index in [0.717, 1.165) is 50.8 Å². The van der Waals surface area contributed by atoms with E-state index in [-0.39, 0.29) is 6.10 Å². The van der Waals surface area contributed by atoms with Gasteiger partial charge in [0.15, 0.2) is 0 Å². The highest BCUT2D eigenvalue weighted by molar-refractivity contribution is 5.87. The van der Waals surface area contributed by atoms with Gasteiger partial charge in [0.05, 0.1) is 18.3 Å². The lowest BCUT2D eigenvalue weighted by molar-refractivity contribution is -0.0299. The van der Waals surface area contributed by atoms with Crippen LogP contribution in [0.15, 0.2) is 54.6 Å². The summed E-state index contributed by atoms with van der Waals surface area (Å²) < 4.78 is 5.93. The van der Waals surface area contributed by atoms with Gasteiger partial charge < -0.3 is 15.2 Å². The van der Waals surface area contributed by atoms with Crippen LogP contribution in [0.1, 0.15) is 33.8 Å². The normalized spacial score (nSPS) is 24.8. The van der Waals surface area contributed by atoms with E-state index >= 15 is 0 Å². The summed E-state index contributed by atoms with van der Waals surface area (Å²) in [5.74, 6) is 0.579. The number of ether oxygens (including phenoxy) is 1. The van der Waals surface area contributed by atoms with Gasteiger partial charge in [0, 0.05) is 26.2 Å². The summed E-state index contributed by atoms with van der Waals surface area (Å²) in [5.41, 5.74) is 2.94. The molecule has 1 saturated carbocycles. The summed E-state index contributed by atoms with van der Waals surface area (Å²) in [7, 11) is 0. The lowest BCUT2D eigenvalue weighted by Gasteiger charge is -2.33. The Hall–Kier alpha value is -2.21. The quantitative estimate of drug-likeness (QED) is 0.737. The van der Waals surface area contributed by atoms with E-state index in [0.29, 0.717) is 11.5 Å². The molecule has 0 bridgehead atoms. The molecule has 0 radical (unpaired) electrons. The van der Waals surface area contributed by atoms with Gasteiger partial charge >= 0.3 is 5.97 Å². The van der Waals surface area contributed by atoms with Crippen LogP contribution in [-0.4, -0.2) is 54.9 Å². The maximum atomic E-state index is 11.0. The van der Waals surface area contributed by atoms with Crippen molar-refractivity contribution in [1.29, 1.82) is 0 Å². The summed E-state index contributed by atoms with van der Waals surface area (Å²) >= 11 is 0. The SMILES string of the molecule is O=C(O)c1ccc(CN2CCOC(CNC[C@@H]3C[C@H]3c3ccccc3)C2)cc1. The molecule has 1 heterocycles. The van der Waals surface area contributed by atoms with E-state index in [1.165, 1.54) is 12.0 Å². The maximum absolute atomic E-state index is 11.0. The van der Waals surface area contributed by atoms with Crippen molar-refractivity contribution in [2.45, 2.75) is 25.0 Å². The van der Waals surface area contributed by atoms with Crippen molar-refractivity contribution in [2.24, 2.45) is 5.92 Å². The molecule has 148 valence electrons. The molecule has 5 heteroatoms. The van der Waals surface area contributed by atoms with Crippen LogP contribution >= 0.6 is 0 Å². The van der Waals surface area contributed by atoms with Gasteiger partial charge in [0.2, 0.25) is 0 Å². The zero-order valence-electron chi connectivity index (χ0n) is 16.1. The molecule has 0 amide bonds. The third kappa shape index (κ3) is 4.98. The molecule has 1 saturated heterocycles. The monoisotopic (exact) mass is 380 g/mol. The number of carboxylic acids is 1. The molecule has 2 fully saturated rings.